The van der Waals surface area contributed by atoms with Gasteiger partial charge in [0.1, 0.15) is 7.14 Å². The van der Waals surface area contributed by atoms with E-state index in [1.54, 1.807) is 0 Å². The number of aromatic nitrogens is 2. The molecule has 0 spiro atoms. The molecule has 57 heavy (non-hydrogen) atoms. The summed E-state index contributed by atoms with van der Waals surface area (Å²) in [5, 5.41) is 11.2. The minimum atomic E-state index is -2.59. The smallest absolute Gasteiger partial charge is 0.111 e. The Balaban J connectivity index is 1.18. The highest BCUT2D eigenvalue weighted by Gasteiger charge is 2.23. The van der Waals surface area contributed by atoms with Crippen molar-refractivity contribution in [3.8, 4) is 39.2 Å². The number of pyridine rings is 1. The van der Waals surface area contributed by atoms with Crippen LogP contribution in [0.1, 0.15) is 0 Å². The summed E-state index contributed by atoms with van der Waals surface area (Å²) in [6, 6.07) is 67.0. The predicted octanol–water partition coefficient (Wildman–Crippen LogP) is 14.0. The van der Waals surface area contributed by atoms with Gasteiger partial charge >= 0.3 is 0 Å². The van der Waals surface area contributed by atoms with E-state index in [0.717, 1.165) is 82.3 Å². The van der Waals surface area contributed by atoms with Crippen LogP contribution in [-0.2, 0) is 4.57 Å². The van der Waals surface area contributed by atoms with E-state index in [1.165, 1.54) is 27.2 Å². The highest BCUT2D eigenvalue weighted by atomic mass is 31.2. The third kappa shape index (κ3) is 5.20. The molecule has 0 fully saturated rings. The second kappa shape index (κ2) is 12.9. The maximum Gasteiger partial charge on any atom is 0.111 e. The molecule has 0 atom stereocenters. The Morgan fingerprint density at radius 3 is 1.65 bits per heavy atom. The first kappa shape index (κ1) is 33.5. The molecule has 0 bridgehead atoms. The average Bonchev–Trinajstić information content (AvgIpc) is 3.60. The Morgan fingerprint density at radius 2 is 0.982 bits per heavy atom. The molecule has 270 valence electrons. The van der Waals surface area contributed by atoms with Gasteiger partial charge in [0.05, 0.1) is 22.2 Å². The minimum Gasteiger partial charge on any atom is -0.319 e. The number of rotatable bonds is 5. The van der Waals surface area contributed by atoms with Crippen molar-refractivity contribution in [1.82, 2.24) is 9.55 Å². The Kier molecular flexibility index (Phi) is 7.58. The summed E-state index contributed by atoms with van der Waals surface area (Å²) in [5.41, 5.74) is 11.0. The van der Waals surface area contributed by atoms with Crippen LogP contribution in [0.2, 0.25) is 0 Å². The van der Waals surface area contributed by atoms with Crippen molar-refractivity contribution in [1.29, 1.82) is 0 Å². The van der Waals surface area contributed by atoms with Crippen LogP contribution < -0.4 is 5.30 Å². The lowest BCUT2D eigenvalue weighted by atomic mass is 9.90. The molecule has 0 saturated heterocycles. The van der Waals surface area contributed by atoms with Gasteiger partial charge in [-0.05, 0) is 75.8 Å². The molecule has 11 rings (SSSR count). The third-order valence-electron chi connectivity index (χ3n) is 11.6. The lowest BCUT2D eigenvalue weighted by Crippen LogP contribution is -2.08. The molecular formula is C53H37N2OP. The molecule has 9 aromatic carbocycles. The van der Waals surface area contributed by atoms with E-state index in [0.29, 0.717) is 0 Å². The van der Waals surface area contributed by atoms with Crippen molar-refractivity contribution in [2.24, 2.45) is 0 Å². The monoisotopic (exact) mass is 748 g/mol. The summed E-state index contributed by atoms with van der Waals surface area (Å²) in [7, 11) is -2.59. The second-order valence-electron chi connectivity index (χ2n) is 15.3. The predicted molar refractivity (Wildman–Crippen MR) is 244 cm³/mol. The first-order valence-corrected chi connectivity index (χ1v) is 22.0. The highest BCUT2D eigenvalue weighted by Crippen LogP contribution is 2.47. The maximum absolute atomic E-state index is 13.8. The van der Waals surface area contributed by atoms with E-state index < -0.39 is 7.14 Å². The Labute approximate surface area is 330 Å². The molecule has 0 amide bonds. The minimum absolute atomic E-state index is 0.957. The van der Waals surface area contributed by atoms with E-state index in [-0.39, 0.29) is 0 Å². The Bertz CT molecular complexity index is 3380. The fraction of sp³-hybridized carbons (Fsp3) is 0.0377. The molecule has 0 aliphatic heterocycles. The molecule has 3 nitrogen and oxygen atoms in total. The van der Waals surface area contributed by atoms with Crippen molar-refractivity contribution >= 4 is 77.5 Å². The standard InChI is InChI=1S/C53H37N2OP/c1-57(2,56)53-41-22-11-9-20-39(41)48(40-21-10-12-23-42(40)53)35-30-28-34(29-31-35)38-25-15-26-44-49-45(51(54-52(38)44)36-16-5-3-6-17-36)32-33-47-50(49)43-24-13-14-27-46(43)55(47)37-18-7-4-8-19-37/h3-33H,1-2H3. The van der Waals surface area contributed by atoms with Crippen molar-refractivity contribution in [2.45, 2.75) is 0 Å². The fourth-order valence-electron chi connectivity index (χ4n) is 9.29. The molecule has 11 aromatic rings. The van der Waals surface area contributed by atoms with Crippen LogP contribution in [-0.4, -0.2) is 22.9 Å². The summed E-state index contributed by atoms with van der Waals surface area (Å²) in [4.78, 5) is 5.56. The van der Waals surface area contributed by atoms with Gasteiger partial charge in [0.25, 0.3) is 0 Å². The van der Waals surface area contributed by atoms with Crippen molar-refractivity contribution in [2.75, 3.05) is 13.3 Å². The molecule has 0 unspecified atom stereocenters. The van der Waals surface area contributed by atoms with Gasteiger partial charge in [0, 0.05) is 49.0 Å². The first-order chi connectivity index (χ1) is 28.0. The van der Waals surface area contributed by atoms with E-state index >= 15 is 0 Å². The molecule has 2 aromatic heterocycles. The van der Waals surface area contributed by atoms with Crippen molar-refractivity contribution < 1.29 is 4.57 Å². The van der Waals surface area contributed by atoms with Gasteiger partial charge in [-0.1, -0.05) is 164 Å². The fourth-order valence-corrected chi connectivity index (χ4v) is 10.8. The van der Waals surface area contributed by atoms with Crippen molar-refractivity contribution in [3.63, 3.8) is 0 Å². The largest absolute Gasteiger partial charge is 0.319 e. The zero-order valence-electron chi connectivity index (χ0n) is 31.6. The highest BCUT2D eigenvalue weighted by molar-refractivity contribution is 7.71. The summed E-state index contributed by atoms with van der Waals surface area (Å²) in [5.74, 6) is 0. The lowest BCUT2D eigenvalue weighted by molar-refractivity contribution is 0.588. The zero-order chi connectivity index (χ0) is 38.3. The van der Waals surface area contributed by atoms with Crippen LogP contribution in [0.3, 0.4) is 0 Å². The van der Waals surface area contributed by atoms with Gasteiger partial charge in [-0.2, -0.15) is 0 Å². The number of benzene rings is 9. The molecular weight excluding hydrogens is 712 g/mol. The van der Waals surface area contributed by atoms with Crippen LogP contribution in [0.5, 0.6) is 0 Å². The Morgan fingerprint density at radius 1 is 0.421 bits per heavy atom. The van der Waals surface area contributed by atoms with Gasteiger partial charge in [-0.3, -0.25) is 0 Å². The van der Waals surface area contributed by atoms with Gasteiger partial charge in [0.15, 0.2) is 0 Å². The normalized spacial score (nSPS) is 12.1. The van der Waals surface area contributed by atoms with Gasteiger partial charge in [0.2, 0.25) is 0 Å². The SMILES string of the molecule is CP(C)(=O)c1c2ccccc2c(-c2ccc(-c3cccc4c3nc(-c3ccccc3)c3ccc5c(c6ccccc6n5-c5ccccc5)c34)cc2)c2ccccc12. The zero-order valence-corrected chi connectivity index (χ0v) is 32.5. The van der Waals surface area contributed by atoms with E-state index in [1.807, 2.05) is 13.3 Å². The molecule has 2 heterocycles. The van der Waals surface area contributed by atoms with Crippen LogP contribution in [0.15, 0.2) is 188 Å². The summed E-state index contributed by atoms with van der Waals surface area (Å²) in [6.45, 7) is 3.76. The Hall–Kier alpha value is -6.80. The average molecular weight is 749 g/mol. The molecule has 0 N–H and O–H groups in total. The molecule has 0 radical (unpaired) electrons. The van der Waals surface area contributed by atoms with Gasteiger partial charge in [-0.15, -0.1) is 0 Å². The quantitative estimate of drug-likeness (QED) is 0.0998. The first-order valence-electron chi connectivity index (χ1n) is 19.4. The van der Waals surface area contributed by atoms with Gasteiger partial charge in [-0.25, -0.2) is 4.98 Å². The molecule has 0 aliphatic rings. The van der Waals surface area contributed by atoms with Crippen molar-refractivity contribution in [3.05, 3.63) is 188 Å². The van der Waals surface area contributed by atoms with Crippen LogP contribution in [0, 0.1) is 0 Å². The molecule has 4 heteroatoms. The second-order valence-corrected chi connectivity index (χ2v) is 18.5. The lowest BCUT2D eigenvalue weighted by Gasteiger charge is -2.19. The maximum atomic E-state index is 13.8. The van der Waals surface area contributed by atoms with Crippen LogP contribution >= 0.6 is 7.14 Å². The number of hydrogen-bond acceptors (Lipinski definition) is 2. The number of hydrogen-bond donors (Lipinski definition) is 0. The number of fused-ring (bicyclic) bond motifs is 9. The number of para-hydroxylation sites is 3. The van der Waals surface area contributed by atoms with E-state index in [4.69, 9.17) is 4.98 Å². The van der Waals surface area contributed by atoms with Crippen LogP contribution in [0.4, 0.5) is 0 Å². The van der Waals surface area contributed by atoms with E-state index in [9.17, 15) is 4.57 Å². The summed E-state index contributed by atoms with van der Waals surface area (Å²) >= 11 is 0. The third-order valence-corrected chi connectivity index (χ3v) is 13.2. The van der Waals surface area contributed by atoms with Gasteiger partial charge < -0.3 is 9.13 Å². The number of nitrogens with zero attached hydrogens (tertiary/aromatic N) is 2. The van der Waals surface area contributed by atoms with E-state index in [2.05, 4.69) is 193 Å². The summed E-state index contributed by atoms with van der Waals surface area (Å²) < 4.78 is 16.2. The summed E-state index contributed by atoms with van der Waals surface area (Å²) in [6.07, 6.45) is 0. The molecule has 0 aliphatic carbocycles. The molecule has 0 saturated carbocycles. The van der Waals surface area contributed by atoms with Crippen LogP contribution in [0.25, 0.3) is 104 Å². The topological polar surface area (TPSA) is 34.9 Å².